The lowest BCUT2D eigenvalue weighted by atomic mass is 10.3. The fraction of sp³-hybridized carbons (Fsp3) is 0.857. The van der Waals surface area contributed by atoms with Crippen molar-refractivity contribution in [2.45, 2.75) is 39.1 Å². The number of ether oxygens (including phenoxy) is 2. The molecule has 0 N–H and O–H groups in total. The minimum absolute atomic E-state index is 0.238. The van der Waals surface area contributed by atoms with Gasteiger partial charge in [0.05, 0.1) is 0 Å². The maximum absolute atomic E-state index is 10.7. The van der Waals surface area contributed by atoms with E-state index in [0.29, 0.717) is 0 Å². The number of cyclic esters (lactones) is 1. The van der Waals surface area contributed by atoms with Gasteiger partial charge in [0.2, 0.25) is 6.29 Å². The maximum atomic E-state index is 10.7. The first kappa shape index (κ1) is 7.54. The van der Waals surface area contributed by atoms with Crippen molar-refractivity contribution in [1.29, 1.82) is 0 Å². The van der Waals surface area contributed by atoms with E-state index in [1.54, 1.807) is 6.92 Å². The number of esters is 1. The predicted octanol–water partition coefficient (Wildman–Crippen LogP) is 1.07. The summed E-state index contributed by atoms with van der Waals surface area (Å²) < 4.78 is 10.00. The Morgan fingerprint density at radius 1 is 1.60 bits per heavy atom. The molecule has 0 aromatic rings. The number of carbonyl (C=O) groups excluding carboxylic acids is 1. The molecule has 0 bridgehead atoms. The lowest BCUT2D eigenvalue weighted by molar-refractivity contribution is -0.143. The Morgan fingerprint density at radius 3 is 2.70 bits per heavy atom. The molecule has 1 rings (SSSR count). The van der Waals surface area contributed by atoms with Crippen LogP contribution >= 0.6 is 0 Å². The highest BCUT2D eigenvalue weighted by Crippen LogP contribution is 2.16. The molecule has 0 aliphatic carbocycles. The normalized spacial score (nSPS) is 32.4. The summed E-state index contributed by atoms with van der Waals surface area (Å²) in [6.07, 6.45) is 1.13. The van der Waals surface area contributed by atoms with Crippen LogP contribution in [-0.4, -0.2) is 18.4 Å². The van der Waals surface area contributed by atoms with Crippen molar-refractivity contribution in [1.82, 2.24) is 0 Å². The Bertz CT molecular complexity index is 133. The molecule has 0 radical (unpaired) electrons. The zero-order valence-corrected chi connectivity index (χ0v) is 6.29. The summed E-state index contributed by atoms with van der Waals surface area (Å²) in [6.45, 7) is 3.73. The number of carbonyl (C=O) groups is 1. The summed E-state index contributed by atoms with van der Waals surface area (Å²) >= 11 is 0. The fourth-order valence-corrected chi connectivity index (χ4v) is 0.899. The second kappa shape index (κ2) is 3.01. The number of hydrogen-bond acceptors (Lipinski definition) is 3. The van der Waals surface area contributed by atoms with Gasteiger partial charge in [0.15, 0.2) is 6.10 Å². The van der Waals surface area contributed by atoms with E-state index < -0.39 is 0 Å². The molecule has 1 aliphatic heterocycles. The van der Waals surface area contributed by atoms with Gasteiger partial charge in [0.1, 0.15) is 0 Å². The van der Waals surface area contributed by atoms with Crippen molar-refractivity contribution in [3.8, 4) is 0 Å². The van der Waals surface area contributed by atoms with Crippen LogP contribution in [0, 0.1) is 0 Å². The average Bonchev–Trinajstić information content (AvgIpc) is 2.14. The smallest absolute Gasteiger partial charge is 0.337 e. The van der Waals surface area contributed by atoms with Crippen LogP contribution in [0.3, 0.4) is 0 Å². The number of rotatable bonds is 2. The lowest BCUT2D eigenvalue weighted by Crippen LogP contribution is -2.09. The first-order chi connectivity index (χ1) is 4.74. The van der Waals surface area contributed by atoms with Crippen molar-refractivity contribution in [2.24, 2.45) is 0 Å². The molecule has 1 fully saturated rings. The van der Waals surface area contributed by atoms with Gasteiger partial charge in [0, 0.05) is 6.42 Å². The molecule has 0 unspecified atom stereocenters. The minimum atomic E-state index is -0.364. The minimum Gasteiger partial charge on any atom is -0.434 e. The van der Waals surface area contributed by atoms with E-state index in [0.717, 1.165) is 12.8 Å². The molecule has 10 heavy (non-hydrogen) atoms. The van der Waals surface area contributed by atoms with Gasteiger partial charge in [-0.25, -0.2) is 4.79 Å². The number of hydrogen-bond donors (Lipinski definition) is 0. The fourth-order valence-electron chi connectivity index (χ4n) is 0.899. The Morgan fingerprint density at radius 2 is 2.30 bits per heavy atom. The van der Waals surface area contributed by atoms with Crippen LogP contribution < -0.4 is 0 Å². The molecule has 0 aromatic heterocycles. The van der Waals surface area contributed by atoms with Crippen LogP contribution in [0.4, 0.5) is 0 Å². The predicted molar refractivity (Wildman–Crippen MR) is 35.3 cm³/mol. The summed E-state index contributed by atoms with van der Waals surface area (Å²) in [6, 6.07) is 0. The highest BCUT2D eigenvalue weighted by molar-refractivity contribution is 5.75. The van der Waals surface area contributed by atoms with Gasteiger partial charge in [-0.2, -0.15) is 0 Å². The van der Waals surface area contributed by atoms with Crippen LogP contribution in [0.25, 0.3) is 0 Å². The first-order valence-electron chi connectivity index (χ1n) is 3.60. The Kier molecular flexibility index (Phi) is 2.27. The third kappa shape index (κ3) is 1.48. The van der Waals surface area contributed by atoms with E-state index in [4.69, 9.17) is 9.47 Å². The van der Waals surface area contributed by atoms with Gasteiger partial charge in [-0.05, 0) is 6.92 Å². The molecule has 1 heterocycles. The Hall–Kier alpha value is -0.570. The topological polar surface area (TPSA) is 35.5 Å². The molecule has 3 nitrogen and oxygen atoms in total. The Balaban J connectivity index is 2.34. The van der Waals surface area contributed by atoms with Crippen LogP contribution in [0.1, 0.15) is 26.7 Å². The molecule has 58 valence electrons. The summed E-state index contributed by atoms with van der Waals surface area (Å²) in [5, 5.41) is 0. The van der Waals surface area contributed by atoms with E-state index in [1.807, 2.05) is 6.92 Å². The van der Waals surface area contributed by atoms with Crippen molar-refractivity contribution in [2.75, 3.05) is 0 Å². The van der Waals surface area contributed by atoms with E-state index in [9.17, 15) is 4.79 Å². The van der Waals surface area contributed by atoms with Crippen LogP contribution in [-0.2, 0) is 14.3 Å². The first-order valence-corrected chi connectivity index (χ1v) is 3.60. The molecular formula is C7H12O3. The third-order valence-corrected chi connectivity index (χ3v) is 1.46. The summed E-state index contributed by atoms with van der Waals surface area (Å²) in [5.41, 5.74) is 0. The molecule has 3 heteroatoms. The summed E-state index contributed by atoms with van der Waals surface area (Å²) in [5.74, 6) is -0.238. The summed E-state index contributed by atoms with van der Waals surface area (Å²) in [4.78, 5) is 10.7. The van der Waals surface area contributed by atoms with E-state index in [-0.39, 0.29) is 18.4 Å². The standard InChI is InChI=1S/C7H12O3/c1-3-4-6-9-5(2)7(8)10-6/h5-6H,3-4H2,1-2H3/t5-,6+/m1/s1. The van der Waals surface area contributed by atoms with Crippen LogP contribution in [0.2, 0.25) is 0 Å². The van der Waals surface area contributed by atoms with Crippen LogP contribution in [0.5, 0.6) is 0 Å². The molecule has 2 atom stereocenters. The van der Waals surface area contributed by atoms with E-state index in [1.165, 1.54) is 0 Å². The van der Waals surface area contributed by atoms with Gasteiger partial charge in [-0.3, -0.25) is 0 Å². The van der Waals surface area contributed by atoms with Gasteiger partial charge in [0.25, 0.3) is 0 Å². The van der Waals surface area contributed by atoms with Crippen molar-refractivity contribution >= 4 is 5.97 Å². The van der Waals surface area contributed by atoms with Crippen molar-refractivity contribution in [3.63, 3.8) is 0 Å². The summed E-state index contributed by atoms with van der Waals surface area (Å²) in [7, 11) is 0. The largest absolute Gasteiger partial charge is 0.434 e. The highest BCUT2D eigenvalue weighted by Gasteiger charge is 2.30. The monoisotopic (exact) mass is 144 g/mol. The third-order valence-electron chi connectivity index (χ3n) is 1.46. The van der Waals surface area contributed by atoms with Gasteiger partial charge in [-0.15, -0.1) is 0 Å². The zero-order chi connectivity index (χ0) is 7.56. The van der Waals surface area contributed by atoms with Crippen molar-refractivity contribution in [3.05, 3.63) is 0 Å². The average molecular weight is 144 g/mol. The molecule has 0 spiro atoms. The lowest BCUT2D eigenvalue weighted by Gasteiger charge is -2.04. The van der Waals surface area contributed by atoms with E-state index >= 15 is 0 Å². The second-order valence-electron chi connectivity index (χ2n) is 2.43. The van der Waals surface area contributed by atoms with Crippen LogP contribution in [0.15, 0.2) is 0 Å². The highest BCUT2D eigenvalue weighted by atomic mass is 16.7. The molecule has 0 amide bonds. The molecule has 0 aromatic carbocycles. The molecular weight excluding hydrogens is 132 g/mol. The zero-order valence-electron chi connectivity index (χ0n) is 6.29. The SMILES string of the molecule is CCC[C@@H]1OC(=O)[C@@H](C)O1. The van der Waals surface area contributed by atoms with Gasteiger partial charge < -0.3 is 9.47 Å². The van der Waals surface area contributed by atoms with Gasteiger partial charge >= 0.3 is 5.97 Å². The quantitative estimate of drug-likeness (QED) is 0.544. The molecule has 0 saturated carbocycles. The Labute approximate surface area is 60.3 Å². The second-order valence-corrected chi connectivity index (χ2v) is 2.43. The van der Waals surface area contributed by atoms with Gasteiger partial charge in [-0.1, -0.05) is 13.3 Å². The van der Waals surface area contributed by atoms with E-state index in [2.05, 4.69) is 0 Å². The molecule has 1 saturated heterocycles. The maximum Gasteiger partial charge on any atom is 0.337 e. The van der Waals surface area contributed by atoms with Crippen molar-refractivity contribution < 1.29 is 14.3 Å². The molecule has 1 aliphatic rings.